The number of fused-ring (bicyclic) bond motifs is 9. The third-order valence-electron chi connectivity index (χ3n) is 6.84. The lowest BCUT2D eigenvalue weighted by atomic mass is 9.94. The Labute approximate surface area is 187 Å². The number of benzene rings is 4. The van der Waals surface area contributed by atoms with E-state index >= 15 is 0 Å². The Kier molecular flexibility index (Phi) is 4.68. The van der Waals surface area contributed by atoms with Crippen molar-refractivity contribution in [1.82, 2.24) is 0 Å². The molecule has 2 aromatic heterocycles. The van der Waals surface area contributed by atoms with Gasteiger partial charge in [0.15, 0.2) is 0 Å². The fourth-order valence-corrected chi connectivity index (χ4v) is 5.13. The Hall–Kier alpha value is -3.26. The van der Waals surface area contributed by atoms with Crippen LogP contribution in [0.2, 0.25) is 0 Å². The van der Waals surface area contributed by atoms with Gasteiger partial charge in [-0.3, -0.25) is 0 Å². The number of hydrogen-bond donors (Lipinski definition) is 0. The van der Waals surface area contributed by atoms with Crippen molar-refractivity contribution < 1.29 is 8.83 Å². The van der Waals surface area contributed by atoms with E-state index in [1.807, 2.05) is 0 Å². The highest BCUT2D eigenvalue weighted by Gasteiger charge is 2.13. The summed E-state index contributed by atoms with van der Waals surface area (Å²) >= 11 is 0. The topological polar surface area (TPSA) is 26.3 Å². The molecule has 0 atom stereocenters. The quantitative estimate of drug-likeness (QED) is 0.251. The van der Waals surface area contributed by atoms with Crippen molar-refractivity contribution in [2.24, 2.45) is 0 Å². The Morgan fingerprint density at radius 1 is 0.469 bits per heavy atom. The lowest BCUT2D eigenvalue weighted by molar-refractivity contribution is 0.536. The average Bonchev–Trinajstić information content (AvgIpc) is 3.44. The Morgan fingerprint density at radius 2 is 0.812 bits per heavy atom. The van der Waals surface area contributed by atoms with E-state index in [4.69, 9.17) is 8.83 Å². The minimum atomic E-state index is 0.989. The number of furan rings is 2. The molecule has 0 aliphatic rings. The molecule has 2 heterocycles. The maximum atomic E-state index is 6.13. The van der Waals surface area contributed by atoms with Crippen LogP contribution in [0.15, 0.2) is 69.5 Å². The van der Waals surface area contributed by atoms with E-state index in [9.17, 15) is 0 Å². The summed E-state index contributed by atoms with van der Waals surface area (Å²) in [5.41, 5.74) is 1.98. The van der Waals surface area contributed by atoms with Crippen molar-refractivity contribution in [2.45, 2.75) is 52.4 Å². The van der Waals surface area contributed by atoms with Gasteiger partial charge in [-0.2, -0.15) is 0 Å². The molecule has 32 heavy (non-hydrogen) atoms. The van der Waals surface area contributed by atoms with Gasteiger partial charge in [-0.25, -0.2) is 0 Å². The van der Waals surface area contributed by atoms with Crippen LogP contribution in [0.4, 0.5) is 0 Å². The monoisotopic (exact) mass is 420 g/mol. The van der Waals surface area contributed by atoms with Gasteiger partial charge in [0.2, 0.25) is 0 Å². The molecule has 2 heteroatoms. The molecule has 0 aliphatic heterocycles. The third-order valence-corrected chi connectivity index (χ3v) is 6.84. The van der Waals surface area contributed by atoms with Gasteiger partial charge < -0.3 is 8.83 Å². The van der Waals surface area contributed by atoms with Gasteiger partial charge in [-0.05, 0) is 69.4 Å². The van der Waals surface area contributed by atoms with Gasteiger partial charge in [0, 0.05) is 23.6 Å². The first-order chi connectivity index (χ1) is 15.8. The van der Waals surface area contributed by atoms with Crippen molar-refractivity contribution in [3.63, 3.8) is 0 Å². The lowest BCUT2D eigenvalue weighted by Gasteiger charge is -2.08. The molecule has 0 spiro atoms. The fraction of sp³-hybridized carbons (Fsp3) is 0.267. The molecule has 2 nitrogen and oxygen atoms in total. The zero-order chi connectivity index (χ0) is 21.7. The molecular formula is C30H28O2. The molecule has 6 rings (SSSR count). The Bertz CT molecular complexity index is 1470. The zero-order valence-corrected chi connectivity index (χ0v) is 18.8. The molecule has 0 saturated carbocycles. The van der Waals surface area contributed by atoms with Crippen LogP contribution in [-0.2, 0) is 12.8 Å². The molecule has 0 unspecified atom stereocenters. The minimum Gasteiger partial charge on any atom is -0.461 e. The summed E-state index contributed by atoms with van der Waals surface area (Å²) in [6.07, 6.45) is 6.70. The van der Waals surface area contributed by atoms with Gasteiger partial charge in [-0.1, -0.05) is 63.1 Å². The second-order valence-corrected chi connectivity index (χ2v) is 9.00. The summed E-state index contributed by atoms with van der Waals surface area (Å²) < 4.78 is 12.3. The summed E-state index contributed by atoms with van der Waals surface area (Å²) in [6, 6.07) is 22.3. The van der Waals surface area contributed by atoms with E-state index in [0.29, 0.717) is 0 Å². The fourth-order valence-electron chi connectivity index (χ4n) is 5.13. The first-order valence-corrected chi connectivity index (χ1v) is 12.0. The van der Waals surface area contributed by atoms with Crippen LogP contribution in [0.25, 0.3) is 54.3 Å². The van der Waals surface area contributed by atoms with E-state index in [0.717, 1.165) is 48.4 Å². The van der Waals surface area contributed by atoms with Gasteiger partial charge in [0.25, 0.3) is 0 Å². The van der Waals surface area contributed by atoms with Gasteiger partial charge in [-0.15, -0.1) is 0 Å². The molecular weight excluding hydrogens is 392 g/mol. The molecule has 6 aromatic rings. The summed E-state index contributed by atoms with van der Waals surface area (Å²) in [5.74, 6) is 2.18. The maximum Gasteiger partial charge on any atom is 0.134 e. The second-order valence-electron chi connectivity index (χ2n) is 9.00. The maximum absolute atomic E-state index is 6.13. The van der Waals surface area contributed by atoms with Gasteiger partial charge >= 0.3 is 0 Å². The van der Waals surface area contributed by atoms with E-state index in [2.05, 4.69) is 74.5 Å². The summed E-state index contributed by atoms with van der Waals surface area (Å²) in [5, 5.41) is 10.2. The van der Waals surface area contributed by atoms with E-state index in [-0.39, 0.29) is 0 Å². The van der Waals surface area contributed by atoms with Crippen molar-refractivity contribution in [1.29, 1.82) is 0 Å². The molecule has 0 fully saturated rings. The molecule has 0 saturated heterocycles. The highest BCUT2D eigenvalue weighted by molar-refractivity contribution is 6.24. The normalized spacial score (nSPS) is 12.2. The molecule has 0 radical (unpaired) electrons. The molecule has 0 amide bonds. The number of hydrogen-bond acceptors (Lipinski definition) is 2. The van der Waals surface area contributed by atoms with Crippen molar-refractivity contribution >= 4 is 54.3 Å². The van der Waals surface area contributed by atoms with Crippen molar-refractivity contribution in [3.05, 3.63) is 72.2 Å². The molecule has 4 aromatic carbocycles. The number of unbranched alkanes of at least 4 members (excludes halogenated alkanes) is 2. The lowest BCUT2D eigenvalue weighted by Crippen LogP contribution is -1.82. The SMILES string of the molecule is CCCCc1cc2c(ccc3c2ccc2c4ccc5oc(CCCC)cc5c4ccc32)o1. The average molecular weight is 421 g/mol. The van der Waals surface area contributed by atoms with Crippen molar-refractivity contribution in [3.8, 4) is 0 Å². The van der Waals surface area contributed by atoms with Crippen molar-refractivity contribution in [2.75, 3.05) is 0 Å². The molecule has 0 bridgehead atoms. The first kappa shape index (κ1) is 19.4. The van der Waals surface area contributed by atoms with Crippen LogP contribution in [0.5, 0.6) is 0 Å². The Balaban J connectivity index is 1.55. The zero-order valence-electron chi connectivity index (χ0n) is 18.8. The standard InChI is InChI=1S/C30H28O2/c1-3-5-7-19-17-27-25-11-9-22-21(23(25)13-15-29(27)31-19)10-12-26-24(22)14-16-30-28(26)18-20(32-30)8-6-4-2/h9-18H,3-8H2,1-2H3. The predicted molar refractivity (Wildman–Crippen MR) is 136 cm³/mol. The molecule has 0 N–H and O–H groups in total. The van der Waals surface area contributed by atoms with Crippen LogP contribution in [0.3, 0.4) is 0 Å². The minimum absolute atomic E-state index is 0.989. The number of rotatable bonds is 6. The summed E-state index contributed by atoms with van der Waals surface area (Å²) in [7, 11) is 0. The van der Waals surface area contributed by atoms with Gasteiger partial charge in [0.05, 0.1) is 0 Å². The summed E-state index contributed by atoms with van der Waals surface area (Å²) in [6.45, 7) is 4.44. The molecule has 160 valence electrons. The highest BCUT2D eigenvalue weighted by atomic mass is 16.3. The van der Waals surface area contributed by atoms with Crippen LogP contribution < -0.4 is 0 Å². The van der Waals surface area contributed by atoms with E-state index in [1.165, 1.54) is 55.9 Å². The van der Waals surface area contributed by atoms with Crippen LogP contribution in [0, 0.1) is 0 Å². The Morgan fingerprint density at radius 3 is 1.19 bits per heavy atom. The van der Waals surface area contributed by atoms with Gasteiger partial charge in [0.1, 0.15) is 22.7 Å². The highest BCUT2D eigenvalue weighted by Crippen LogP contribution is 2.38. The van der Waals surface area contributed by atoms with E-state index in [1.54, 1.807) is 0 Å². The predicted octanol–water partition coefficient (Wildman–Crippen LogP) is 9.32. The second kappa shape index (κ2) is 7.70. The smallest absolute Gasteiger partial charge is 0.134 e. The van der Waals surface area contributed by atoms with Crippen LogP contribution >= 0.6 is 0 Å². The summed E-state index contributed by atoms with van der Waals surface area (Å²) in [4.78, 5) is 0. The van der Waals surface area contributed by atoms with Crippen LogP contribution in [-0.4, -0.2) is 0 Å². The van der Waals surface area contributed by atoms with E-state index < -0.39 is 0 Å². The van der Waals surface area contributed by atoms with Crippen LogP contribution in [0.1, 0.15) is 51.1 Å². The largest absolute Gasteiger partial charge is 0.461 e. The molecule has 0 aliphatic carbocycles. The first-order valence-electron chi connectivity index (χ1n) is 12.0. The third kappa shape index (κ3) is 3.01. The number of aryl methyl sites for hydroxylation is 2.